The summed E-state index contributed by atoms with van der Waals surface area (Å²) in [7, 11) is -2.37. The van der Waals surface area contributed by atoms with Crippen molar-refractivity contribution in [3.05, 3.63) is 63.6 Å². The Kier molecular flexibility index (Phi) is 8.95. The Morgan fingerprint density at radius 2 is 1.72 bits per heavy atom. The molecule has 0 bridgehead atoms. The van der Waals surface area contributed by atoms with Gasteiger partial charge in [-0.25, -0.2) is 8.42 Å². The number of nitrogens with one attached hydrogen (secondary N) is 1. The quantitative estimate of drug-likeness (QED) is 0.570. The van der Waals surface area contributed by atoms with Crippen LogP contribution in [0.25, 0.3) is 0 Å². The van der Waals surface area contributed by atoms with Gasteiger partial charge in [0.15, 0.2) is 0 Å². The molecule has 0 saturated heterocycles. The highest BCUT2D eigenvalue weighted by molar-refractivity contribution is 7.92. The third-order valence-corrected chi connectivity index (χ3v) is 6.63. The minimum absolute atomic E-state index is 0.0964. The molecule has 0 radical (unpaired) electrons. The lowest BCUT2D eigenvalue weighted by Crippen LogP contribution is -2.51. The smallest absolute Gasteiger partial charge is 0.244 e. The molecule has 32 heavy (non-hydrogen) atoms. The van der Waals surface area contributed by atoms with E-state index in [0.29, 0.717) is 11.4 Å². The van der Waals surface area contributed by atoms with Gasteiger partial charge in [-0.3, -0.25) is 13.9 Å². The van der Waals surface area contributed by atoms with Crippen molar-refractivity contribution in [2.75, 3.05) is 24.2 Å². The zero-order chi connectivity index (χ0) is 24.1. The predicted molar refractivity (Wildman–Crippen MR) is 129 cm³/mol. The maximum Gasteiger partial charge on any atom is 0.244 e. The molecule has 2 aromatic rings. The lowest BCUT2D eigenvalue weighted by molar-refractivity contribution is -0.140. The standard InChI is InChI=1S/C22H27Cl2N3O4S/c1-5-19(22(29)25-3)26(13-16-8-6-15(2)7-9-16)21(28)14-27(32(4,30)31)20-11-10-17(23)12-18(20)24/h6-12,19H,5,13-14H2,1-4H3,(H,25,29). The first-order valence-corrected chi connectivity index (χ1v) is 12.6. The molecule has 0 aromatic heterocycles. The van der Waals surface area contributed by atoms with Crippen molar-refractivity contribution in [1.82, 2.24) is 10.2 Å². The SMILES string of the molecule is CCC(C(=O)NC)N(Cc1ccc(C)cc1)C(=O)CN(c1ccc(Cl)cc1Cl)S(C)(=O)=O. The number of likely N-dealkylation sites (N-methyl/N-ethyl adjacent to an activating group) is 1. The molecule has 174 valence electrons. The molecule has 1 N–H and O–H groups in total. The topological polar surface area (TPSA) is 86.8 Å². The zero-order valence-electron chi connectivity index (χ0n) is 18.4. The summed E-state index contributed by atoms with van der Waals surface area (Å²) >= 11 is 12.2. The van der Waals surface area contributed by atoms with E-state index >= 15 is 0 Å². The molecule has 0 aliphatic carbocycles. The number of anilines is 1. The van der Waals surface area contributed by atoms with E-state index in [4.69, 9.17) is 23.2 Å². The fourth-order valence-electron chi connectivity index (χ4n) is 3.25. The average Bonchev–Trinajstić information content (AvgIpc) is 2.72. The second kappa shape index (κ2) is 11.0. The van der Waals surface area contributed by atoms with E-state index in [1.165, 1.54) is 30.1 Å². The zero-order valence-corrected chi connectivity index (χ0v) is 20.8. The molecular weight excluding hydrogens is 473 g/mol. The first-order chi connectivity index (χ1) is 15.0. The molecule has 7 nitrogen and oxygen atoms in total. The molecule has 0 saturated carbocycles. The van der Waals surface area contributed by atoms with Crippen LogP contribution >= 0.6 is 23.2 Å². The van der Waals surface area contributed by atoms with Crippen molar-refractivity contribution in [2.24, 2.45) is 0 Å². The molecule has 0 aliphatic heterocycles. The Balaban J connectivity index is 2.45. The summed E-state index contributed by atoms with van der Waals surface area (Å²) in [5.74, 6) is -0.860. The van der Waals surface area contributed by atoms with Gasteiger partial charge in [0.25, 0.3) is 0 Å². The van der Waals surface area contributed by atoms with Gasteiger partial charge in [-0.15, -0.1) is 0 Å². The number of benzene rings is 2. The van der Waals surface area contributed by atoms with Crippen molar-refractivity contribution in [2.45, 2.75) is 32.9 Å². The highest BCUT2D eigenvalue weighted by Crippen LogP contribution is 2.30. The van der Waals surface area contributed by atoms with E-state index in [1.807, 2.05) is 31.2 Å². The lowest BCUT2D eigenvalue weighted by Gasteiger charge is -2.32. The van der Waals surface area contributed by atoms with Gasteiger partial charge < -0.3 is 10.2 Å². The average molecular weight is 500 g/mol. The molecular formula is C22H27Cl2N3O4S. The van der Waals surface area contributed by atoms with E-state index in [9.17, 15) is 18.0 Å². The van der Waals surface area contributed by atoms with Crippen LogP contribution in [0.5, 0.6) is 0 Å². The van der Waals surface area contributed by atoms with Gasteiger partial charge in [0.1, 0.15) is 12.6 Å². The maximum absolute atomic E-state index is 13.4. The molecule has 0 heterocycles. The number of sulfonamides is 1. The van der Waals surface area contributed by atoms with Crippen LogP contribution in [0.4, 0.5) is 5.69 Å². The van der Waals surface area contributed by atoms with E-state index in [2.05, 4.69) is 5.32 Å². The van der Waals surface area contributed by atoms with Gasteiger partial charge in [-0.2, -0.15) is 0 Å². The van der Waals surface area contributed by atoms with Crippen LogP contribution in [0, 0.1) is 6.92 Å². The lowest BCUT2D eigenvalue weighted by atomic mass is 10.1. The first kappa shape index (κ1) is 26.0. The predicted octanol–water partition coefficient (Wildman–Crippen LogP) is 3.62. The largest absolute Gasteiger partial charge is 0.357 e. The maximum atomic E-state index is 13.4. The van der Waals surface area contributed by atoms with Crippen molar-refractivity contribution in [3.63, 3.8) is 0 Å². The summed E-state index contributed by atoms with van der Waals surface area (Å²) < 4.78 is 26.0. The van der Waals surface area contributed by atoms with Crippen LogP contribution in [0.2, 0.25) is 10.0 Å². The van der Waals surface area contributed by atoms with Gasteiger partial charge in [0.2, 0.25) is 21.8 Å². The Hall–Kier alpha value is -2.29. The fourth-order valence-corrected chi connectivity index (χ4v) is 4.68. The van der Waals surface area contributed by atoms with E-state index < -0.39 is 28.5 Å². The molecule has 0 spiro atoms. The number of hydrogen-bond acceptors (Lipinski definition) is 4. The minimum Gasteiger partial charge on any atom is -0.357 e. The van der Waals surface area contributed by atoms with Crippen LogP contribution in [0.15, 0.2) is 42.5 Å². The van der Waals surface area contributed by atoms with Gasteiger partial charge >= 0.3 is 0 Å². The Labute approximate surface area is 199 Å². The molecule has 2 rings (SSSR count). The summed E-state index contributed by atoms with van der Waals surface area (Å²) in [4.78, 5) is 27.3. The summed E-state index contributed by atoms with van der Waals surface area (Å²) in [6.07, 6.45) is 1.35. The van der Waals surface area contributed by atoms with E-state index in [0.717, 1.165) is 21.7 Å². The third kappa shape index (κ3) is 6.60. The van der Waals surface area contributed by atoms with Crippen molar-refractivity contribution in [3.8, 4) is 0 Å². The van der Waals surface area contributed by atoms with Gasteiger partial charge in [-0.1, -0.05) is 60.0 Å². The number of carbonyl (C=O) groups excluding carboxylic acids is 2. The van der Waals surface area contributed by atoms with Crippen LogP contribution in [0.3, 0.4) is 0 Å². The molecule has 0 aliphatic rings. The number of rotatable bonds is 9. The number of halogens is 2. The summed E-state index contributed by atoms with van der Waals surface area (Å²) in [5, 5.41) is 3.01. The van der Waals surface area contributed by atoms with Gasteiger partial charge in [-0.05, 0) is 37.1 Å². The summed E-state index contributed by atoms with van der Waals surface area (Å²) in [6.45, 7) is 3.38. The summed E-state index contributed by atoms with van der Waals surface area (Å²) in [5.41, 5.74) is 2.02. The number of amides is 2. The van der Waals surface area contributed by atoms with Gasteiger partial charge in [0.05, 0.1) is 17.0 Å². The van der Waals surface area contributed by atoms with Gasteiger partial charge in [0, 0.05) is 18.6 Å². The number of hydrogen-bond donors (Lipinski definition) is 1. The third-order valence-electron chi connectivity index (χ3n) is 4.96. The molecule has 1 unspecified atom stereocenters. The Morgan fingerprint density at radius 1 is 1.09 bits per heavy atom. The van der Waals surface area contributed by atoms with E-state index in [1.54, 1.807) is 6.92 Å². The van der Waals surface area contributed by atoms with Crippen molar-refractivity contribution in [1.29, 1.82) is 0 Å². The first-order valence-electron chi connectivity index (χ1n) is 9.97. The monoisotopic (exact) mass is 499 g/mol. The fraction of sp³-hybridized carbons (Fsp3) is 0.364. The Bertz CT molecular complexity index is 1080. The molecule has 10 heteroatoms. The van der Waals surface area contributed by atoms with Crippen molar-refractivity contribution < 1.29 is 18.0 Å². The van der Waals surface area contributed by atoms with Crippen molar-refractivity contribution >= 4 is 50.7 Å². The second-order valence-corrected chi connectivity index (χ2v) is 10.2. The molecule has 0 fully saturated rings. The number of carbonyl (C=O) groups is 2. The number of aryl methyl sites for hydroxylation is 1. The van der Waals surface area contributed by atoms with E-state index in [-0.39, 0.29) is 23.2 Å². The normalized spacial score (nSPS) is 12.2. The summed E-state index contributed by atoms with van der Waals surface area (Å²) in [6, 6.07) is 11.1. The Morgan fingerprint density at radius 3 is 2.22 bits per heavy atom. The highest BCUT2D eigenvalue weighted by Gasteiger charge is 2.31. The molecule has 2 amide bonds. The second-order valence-electron chi connectivity index (χ2n) is 7.41. The van der Waals surface area contributed by atoms with Crippen LogP contribution in [0.1, 0.15) is 24.5 Å². The number of nitrogens with zero attached hydrogens (tertiary/aromatic N) is 2. The van der Waals surface area contributed by atoms with Crippen LogP contribution < -0.4 is 9.62 Å². The molecule has 1 atom stereocenters. The molecule has 2 aromatic carbocycles. The van der Waals surface area contributed by atoms with Crippen LogP contribution in [-0.4, -0.2) is 51.0 Å². The van der Waals surface area contributed by atoms with Crippen LogP contribution in [-0.2, 0) is 26.2 Å². The minimum atomic E-state index is -3.86. The highest BCUT2D eigenvalue weighted by atomic mass is 35.5.